The number of halogens is 1. The quantitative estimate of drug-likeness (QED) is 0.868. The van der Waals surface area contributed by atoms with Crippen molar-refractivity contribution in [3.05, 3.63) is 30.1 Å². The van der Waals surface area contributed by atoms with E-state index in [1.54, 1.807) is 12.1 Å². The molecule has 2 heterocycles. The number of piperidine rings is 1. The summed E-state index contributed by atoms with van der Waals surface area (Å²) in [5.41, 5.74) is 0.546. The lowest BCUT2D eigenvalue weighted by Gasteiger charge is -2.33. The van der Waals surface area contributed by atoms with Gasteiger partial charge in [-0.1, -0.05) is 12.1 Å². The van der Waals surface area contributed by atoms with Gasteiger partial charge in [0, 0.05) is 18.2 Å². The van der Waals surface area contributed by atoms with Crippen LogP contribution in [0.4, 0.5) is 4.39 Å². The summed E-state index contributed by atoms with van der Waals surface area (Å²) in [7, 11) is 0. The molecule has 0 N–H and O–H groups in total. The normalized spacial score (nSPS) is 18.5. The first-order valence-electron chi connectivity index (χ1n) is 7.47. The maximum absolute atomic E-state index is 13.2. The van der Waals surface area contributed by atoms with E-state index >= 15 is 0 Å². The number of carbonyl (C=O) groups excluding carboxylic acids is 1. The van der Waals surface area contributed by atoms with Gasteiger partial charge in [0.05, 0.1) is 0 Å². The van der Waals surface area contributed by atoms with E-state index in [2.05, 4.69) is 22.3 Å². The zero-order chi connectivity index (χ0) is 15.5. The molecule has 0 saturated carbocycles. The fourth-order valence-electron chi connectivity index (χ4n) is 2.73. The molecule has 3 rings (SSSR count). The minimum atomic E-state index is -0.355. The molecular formula is C15H18FN5O. The fraction of sp³-hybridized carbons (Fsp3) is 0.467. The predicted octanol–water partition coefficient (Wildman–Crippen LogP) is 1.88. The van der Waals surface area contributed by atoms with Crippen LogP contribution in [0, 0.1) is 5.82 Å². The lowest BCUT2D eigenvalue weighted by Crippen LogP contribution is -2.43. The number of nitrogens with zero attached hydrogens (tertiary/aromatic N) is 5. The third-order valence-electron chi connectivity index (χ3n) is 3.94. The van der Waals surface area contributed by atoms with Crippen molar-refractivity contribution in [3.63, 3.8) is 0 Å². The molecule has 1 atom stereocenters. The number of likely N-dealkylation sites (tertiary alicyclic amines) is 1. The predicted molar refractivity (Wildman–Crippen MR) is 78.2 cm³/mol. The molecule has 0 radical (unpaired) electrons. The Morgan fingerprint density at radius 3 is 3.05 bits per heavy atom. The average molecular weight is 303 g/mol. The number of tetrazole rings is 1. The second-order valence-corrected chi connectivity index (χ2v) is 5.59. The lowest BCUT2D eigenvalue weighted by molar-refractivity contribution is -0.135. The van der Waals surface area contributed by atoms with Crippen molar-refractivity contribution in [3.8, 4) is 11.4 Å². The van der Waals surface area contributed by atoms with Crippen molar-refractivity contribution < 1.29 is 9.18 Å². The second-order valence-electron chi connectivity index (χ2n) is 5.59. The molecule has 2 aromatic rings. The van der Waals surface area contributed by atoms with E-state index in [0.29, 0.717) is 11.4 Å². The maximum Gasteiger partial charge on any atom is 0.246 e. The van der Waals surface area contributed by atoms with Gasteiger partial charge in [0.2, 0.25) is 11.7 Å². The summed E-state index contributed by atoms with van der Waals surface area (Å²) in [6.45, 7) is 2.90. The van der Waals surface area contributed by atoms with Crippen LogP contribution >= 0.6 is 0 Å². The van der Waals surface area contributed by atoms with Crippen LogP contribution in [0.25, 0.3) is 11.4 Å². The number of carbonyl (C=O) groups is 1. The zero-order valence-corrected chi connectivity index (χ0v) is 12.4. The Hall–Kier alpha value is -2.31. The largest absolute Gasteiger partial charge is 0.338 e. The Morgan fingerprint density at radius 1 is 1.41 bits per heavy atom. The van der Waals surface area contributed by atoms with E-state index in [-0.39, 0.29) is 24.3 Å². The summed E-state index contributed by atoms with van der Waals surface area (Å²) < 4.78 is 13.2. The molecule has 7 heteroatoms. The van der Waals surface area contributed by atoms with E-state index in [0.717, 1.165) is 25.8 Å². The van der Waals surface area contributed by atoms with Crippen molar-refractivity contribution in [1.29, 1.82) is 0 Å². The molecule has 1 aliphatic rings. The van der Waals surface area contributed by atoms with Crippen LogP contribution in [0.5, 0.6) is 0 Å². The lowest BCUT2D eigenvalue weighted by atomic mass is 10.0. The minimum Gasteiger partial charge on any atom is -0.338 e. The van der Waals surface area contributed by atoms with Gasteiger partial charge in [-0.3, -0.25) is 4.79 Å². The van der Waals surface area contributed by atoms with Crippen LogP contribution < -0.4 is 0 Å². The van der Waals surface area contributed by atoms with Crippen LogP contribution in [-0.2, 0) is 11.3 Å². The molecule has 22 heavy (non-hydrogen) atoms. The van der Waals surface area contributed by atoms with Crippen LogP contribution in [0.2, 0.25) is 0 Å². The molecule has 1 aromatic heterocycles. The summed E-state index contributed by atoms with van der Waals surface area (Å²) in [5.74, 6) is -0.0403. The highest BCUT2D eigenvalue weighted by molar-refractivity contribution is 5.76. The van der Waals surface area contributed by atoms with E-state index in [1.807, 2.05) is 4.90 Å². The molecule has 1 aromatic carbocycles. The molecular weight excluding hydrogens is 285 g/mol. The SMILES string of the molecule is C[C@H]1CCCCN1C(=O)Cn1nnc(-c2cccc(F)c2)n1. The van der Waals surface area contributed by atoms with Crippen molar-refractivity contribution >= 4 is 5.91 Å². The number of rotatable bonds is 3. The highest BCUT2D eigenvalue weighted by atomic mass is 19.1. The summed E-state index contributed by atoms with van der Waals surface area (Å²) in [6.07, 6.45) is 3.23. The molecule has 0 bridgehead atoms. The second kappa shape index (κ2) is 6.21. The number of aromatic nitrogens is 4. The van der Waals surface area contributed by atoms with Gasteiger partial charge >= 0.3 is 0 Å². The molecule has 0 unspecified atom stereocenters. The van der Waals surface area contributed by atoms with Crippen LogP contribution in [-0.4, -0.2) is 43.6 Å². The number of hydrogen-bond donors (Lipinski definition) is 0. The van der Waals surface area contributed by atoms with Gasteiger partial charge in [-0.15, -0.1) is 10.2 Å². The first-order chi connectivity index (χ1) is 10.6. The van der Waals surface area contributed by atoms with E-state index < -0.39 is 0 Å². The molecule has 1 aliphatic heterocycles. The Kier molecular flexibility index (Phi) is 4.13. The first-order valence-corrected chi connectivity index (χ1v) is 7.47. The zero-order valence-electron chi connectivity index (χ0n) is 12.4. The molecule has 0 aliphatic carbocycles. The number of benzene rings is 1. The van der Waals surface area contributed by atoms with Crippen molar-refractivity contribution in [2.45, 2.75) is 38.8 Å². The van der Waals surface area contributed by atoms with Crippen LogP contribution in [0.3, 0.4) is 0 Å². The molecule has 1 fully saturated rings. The Labute approximate surface area is 127 Å². The summed E-state index contributed by atoms with van der Waals surface area (Å²) in [4.78, 5) is 15.5. The topological polar surface area (TPSA) is 63.9 Å². The van der Waals surface area contributed by atoms with Gasteiger partial charge in [0.25, 0.3) is 0 Å². The van der Waals surface area contributed by atoms with Crippen LogP contribution in [0.15, 0.2) is 24.3 Å². The van der Waals surface area contributed by atoms with Gasteiger partial charge < -0.3 is 4.90 Å². The Balaban J connectivity index is 1.70. The molecule has 116 valence electrons. The smallest absolute Gasteiger partial charge is 0.246 e. The number of hydrogen-bond acceptors (Lipinski definition) is 4. The van der Waals surface area contributed by atoms with Crippen molar-refractivity contribution in [2.24, 2.45) is 0 Å². The molecule has 0 spiro atoms. The van der Waals surface area contributed by atoms with Gasteiger partial charge in [-0.2, -0.15) is 4.80 Å². The third kappa shape index (κ3) is 3.13. The number of amides is 1. The third-order valence-corrected chi connectivity index (χ3v) is 3.94. The van der Waals surface area contributed by atoms with Crippen molar-refractivity contribution in [1.82, 2.24) is 25.1 Å². The van der Waals surface area contributed by atoms with Gasteiger partial charge in [-0.25, -0.2) is 4.39 Å². The molecule has 6 nitrogen and oxygen atoms in total. The Morgan fingerprint density at radius 2 is 2.27 bits per heavy atom. The highest BCUT2D eigenvalue weighted by Crippen LogP contribution is 2.17. The van der Waals surface area contributed by atoms with Gasteiger partial charge in [-0.05, 0) is 43.5 Å². The van der Waals surface area contributed by atoms with E-state index in [1.165, 1.54) is 16.9 Å². The summed E-state index contributed by atoms with van der Waals surface area (Å²) in [5, 5.41) is 11.9. The summed E-state index contributed by atoms with van der Waals surface area (Å²) in [6, 6.07) is 6.25. The monoisotopic (exact) mass is 303 g/mol. The van der Waals surface area contributed by atoms with E-state index in [4.69, 9.17) is 0 Å². The summed E-state index contributed by atoms with van der Waals surface area (Å²) >= 11 is 0. The first kappa shape index (κ1) is 14.6. The van der Waals surface area contributed by atoms with E-state index in [9.17, 15) is 9.18 Å². The highest BCUT2D eigenvalue weighted by Gasteiger charge is 2.23. The Bertz CT molecular complexity index is 671. The van der Waals surface area contributed by atoms with Gasteiger partial charge in [0.15, 0.2) is 0 Å². The maximum atomic E-state index is 13.2. The molecule has 1 saturated heterocycles. The van der Waals surface area contributed by atoms with Crippen molar-refractivity contribution in [2.75, 3.05) is 6.54 Å². The standard InChI is InChI=1S/C15H18FN5O/c1-11-5-2-3-8-20(11)14(22)10-21-18-15(17-19-21)12-6-4-7-13(16)9-12/h4,6-7,9,11H,2-3,5,8,10H2,1H3/t11-/m0/s1. The van der Waals surface area contributed by atoms with Crippen LogP contribution in [0.1, 0.15) is 26.2 Å². The molecule has 1 amide bonds. The fourth-order valence-corrected chi connectivity index (χ4v) is 2.73. The average Bonchev–Trinajstić information content (AvgIpc) is 2.96. The minimum absolute atomic E-state index is 0.00427. The van der Waals surface area contributed by atoms with Gasteiger partial charge in [0.1, 0.15) is 12.4 Å².